The first kappa shape index (κ1) is 15.4. The lowest BCUT2D eigenvalue weighted by atomic mass is 9.99. The highest BCUT2D eigenvalue weighted by atomic mass is 32.1. The molecule has 1 N–H and O–H groups in total. The minimum absolute atomic E-state index is 0.238. The summed E-state index contributed by atoms with van der Waals surface area (Å²) >= 11 is 4.37. The lowest BCUT2D eigenvalue weighted by Crippen LogP contribution is -2.31. The van der Waals surface area contributed by atoms with Crippen molar-refractivity contribution in [2.75, 3.05) is 6.54 Å². The zero-order valence-electron chi connectivity index (χ0n) is 11.2. The third-order valence-corrected chi connectivity index (χ3v) is 3.83. The molecule has 2 nitrogen and oxygen atoms in total. The first-order valence-electron chi connectivity index (χ1n) is 7.00. The Kier molecular flexibility index (Phi) is 7.90. The molecule has 0 heterocycles. The summed E-state index contributed by atoms with van der Waals surface area (Å²) < 4.78 is 0. The second kappa shape index (κ2) is 9.26. The summed E-state index contributed by atoms with van der Waals surface area (Å²) in [6.45, 7) is 4.36. The summed E-state index contributed by atoms with van der Waals surface area (Å²) in [7, 11) is 0. The van der Waals surface area contributed by atoms with Gasteiger partial charge in [-0.1, -0.05) is 37.8 Å². The van der Waals surface area contributed by atoms with E-state index in [0.29, 0.717) is 6.54 Å². The van der Waals surface area contributed by atoms with E-state index in [-0.39, 0.29) is 11.8 Å². The van der Waals surface area contributed by atoms with Gasteiger partial charge in [0.1, 0.15) is 0 Å². The van der Waals surface area contributed by atoms with E-state index >= 15 is 0 Å². The third kappa shape index (κ3) is 6.29. The molecule has 0 aromatic heterocycles. The number of amides is 1. The van der Waals surface area contributed by atoms with E-state index in [1.54, 1.807) is 0 Å². The molecular weight excluding hydrogens is 242 g/mol. The molecule has 1 amide bonds. The van der Waals surface area contributed by atoms with Crippen LogP contribution in [0.4, 0.5) is 0 Å². The molecular formula is C15H25NOS. The van der Waals surface area contributed by atoms with Crippen LogP contribution in [0.25, 0.3) is 0 Å². The molecule has 0 aromatic rings. The number of nitrogens with one attached hydrogen (secondary N) is 1. The second-order valence-corrected chi connectivity index (χ2v) is 5.52. The Labute approximate surface area is 116 Å². The van der Waals surface area contributed by atoms with Gasteiger partial charge in [0.15, 0.2) is 0 Å². The Bertz CT molecular complexity index is 291. The van der Waals surface area contributed by atoms with Gasteiger partial charge in [0, 0.05) is 12.5 Å². The molecule has 0 aliphatic heterocycles. The van der Waals surface area contributed by atoms with Crippen molar-refractivity contribution >= 4 is 18.5 Å². The van der Waals surface area contributed by atoms with Crippen molar-refractivity contribution in [2.24, 2.45) is 5.92 Å². The van der Waals surface area contributed by atoms with Crippen LogP contribution in [-0.4, -0.2) is 12.5 Å². The number of thiol groups is 1. The molecule has 3 heteroatoms. The summed E-state index contributed by atoms with van der Waals surface area (Å²) in [5.74, 6) is 0.481. The van der Waals surface area contributed by atoms with E-state index in [1.165, 1.54) is 25.7 Å². The van der Waals surface area contributed by atoms with Crippen LogP contribution in [0.3, 0.4) is 0 Å². The SMILES string of the molecule is C=CC/C=C(\S)CCNC(=O)C1CCCCCC1. The van der Waals surface area contributed by atoms with Crippen molar-refractivity contribution in [1.29, 1.82) is 0 Å². The first-order chi connectivity index (χ1) is 8.74. The standard InChI is InChI=1S/C15H25NOS/c1-2-3-10-14(18)11-12-16-15(17)13-8-6-4-5-7-9-13/h2,10,13,18H,1,3-9,11-12H2,(H,16,17)/b14-10-. The van der Waals surface area contributed by atoms with Crippen LogP contribution in [0, 0.1) is 5.92 Å². The average molecular weight is 267 g/mol. The maximum absolute atomic E-state index is 12.0. The Hall–Kier alpha value is -0.700. The molecule has 0 spiro atoms. The fraction of sp³-hybridized carbons (Fsp3) is 0.667. The van der Waals surface area contributed by atoms with E-state index in [0.717, 1.165) is 30.6 Å². The van der Waals surface area contributed by atoms with Crippen molar-refractivity contribution < 1.29 is 4.79 Å². The van der Waals surface area contributed by atoms with Gasteiger partial charge in [-0.3, -0.25) is 4.79 Å². The summed E-state index contributed by atoms with van der Waals surface area (Å²) in [5, 5.41) is 3.03. The summed E-state index contributed by atoms with van der Waals surface area (Å²) in [5.41, 5.74) is 0. The zero-order chi connectivity index (χ0) is 13.2. The highest BCUT2D eigenvalue weighted by molar-refractivity contribution is 7.84. The van der Waals surface area contributed by atoms with Crippen molar-refractivity contribution in [1.82, 2.24) is 5.32 Å². The van der Waals surface area contributed by atoms with Crippen LogP contribution in [0.2, 0.25) is 0 Å². The number of hydrogen-bond donors (Lipinski definition) is 2. The predicted molar refractivity (Wildman–Crippen MR) is 80.7 cm³/mol. The lowest BCUT2D eigenvalue weighted by molar-refractivity contribution is -0.125. The van der Waals surface area contributed by atoms with Crippen LogP contribution in [0.15, 0.2) is 23.6 Å². The van der Waals surface area contributed by atoms with Gasteiger partial charge in [0.2, 0.25) is 5.91 Å². The third-order valence-electron chi connectivity index (χ3n) is 3.43. The van der Waals surface area contributed by atoms with Crippen molar-refractivity contribution in [2.45, 2.75) is 51.4 Å². The normalized spacial score (nSPS) is 18.2. The molecule has 0 unspecified atom stereocenters. The van der Waals surface area contributed by atoms with Gasteiger partial charge in [0.05, 0.1) is 0 Å². The Morgan fingerprint density at radius 3 is 2.56 bits per heavy atom. The molecule has 0 atom stereocenters. The summed E-state index contributed by atoms with van der Waals surface area (Å²) in [4.78, 5) is 13.0. The molecule has 0 radical (unpaired) electrons. The molecule has 1 saturated carbocycles. The van der Waals surface area contributed by atoms with E-state index in [2.05, 4.69) is 24.5 Å². The molecule has 1 aliphatic carbocycles. The van der Waals surface area contributed by atoms with Gasteiger partial charge in [-0.25, -0.2) is 0 Å². The van der Waals surface area contributed by atoms with Crippen LogP contribution in [-0.2, 0) is 4.79 Å². The Balaban J connectivity index is 2.21. The van der Waals surface area contributed by atoms with Gasteiger partial charge >= 0.3 is 0 Å². The molecule has 0 aromatic carbocycles. The minimum Gasteiger partial charge on any atom is -0.356 e. The van der Waals surface area contributed by atoms with Crippen molar-refractivity contribution in [3.63, 3.8) is 0 Å². The number of hydrogen-bond acceptors (Lipinski definition) is 2. The van der Waals surface area contributed by atoms with Crippen LogP contribution in [0.5, 0.6) is 0 Å². The summed E-state index contributed by atoms with van der Waals surface area (Å²) in [6.07, 6.45) is 12.6. The van der Waals surface area contributed by atoms with Crippen LogP contribution >= 0.6 is 12.6 Å². The number of carbonyl (C=O) groups is 1. The van der Waals surface area contributed by atoms with Crippen molar-refractivity contribution in [3.05, 3.63) is 23.6 Å². The predicted octanol–water partition coefficient (Wildman–Crippen LogP) is 3.85. The van der Waals surface area contributed by atoms with E-state index in [9.17, 15) is 4.79 Å². The molecule has 1 aliphatic rings. The number of rotatable bonds is 6. The maximum Gasteiger partial charge on any atom is 0.223 e. The van der Waals surface area contributed by atoms with Gasteiger partial charge < -0.3 is 5.32 Å². The largest absolute Gasteiger partial charge is 0.356 e. The molecule has 1 fully saturated rings. The van der Waals surface area contributed by atoms with E-state index in [1.807, 2.05) is 12.2 Å². The Morgan fingerprint density at radius 2 is 1.94 bits per heavy atom. The number of allylic oxidation sites excluding steroid dienone is 2. The monoisotopic (exact) mass is 267 g/mol. The maximum atomic E-state index is 12.0. The minimum atomic E-state index is 0.238. The Morgan fingerprint density at radius 1 is 1.28 bits per heavy atom. The lowest BCUT2D eigenvalue weighted by Gasteiger charge is -2.14. The van der Waals surface area contributed by atoms with Gasteiger partial charge in [-0.2, -0.15) is 0 Å². The highest BCUT2D eigenvalue weighted by Gasteiger charge is 2.19. The topological polar surface area (TPSA) is 29.1 Å². The summed E-state index contributed by atoms with van der Waals surface area (Å²) in [6, 6.07) is 0. The van der Waals surface area contributed by atoms with Crippen LogP contribution < -0.4 is 5.32 Å². The van der Waals surface area contributed by atoms with Crippen molar-refractivity contribution in [3.8, 4) is 0 Å². The smallest absolute Gasteiger partial charge is 0.223 e. The molecule has 1 rings (SSSR count). The van der Waals surface area contributed by atoms with E-state index < -0.39 is 0 Å². The first-order valence-corrected chi connectivity index (χ1v) is 7.45. The fourth-order valence-electron chi connectivity index (χ4n) is 2.32. The number of carbonyl (C=O) groups excluding carboxylic acids is 1. The highest BCUT2D eigenvalue weighted by Crippen LogP contribution is 2.22. The molecule has 18 heavy (non-hydrogen) atoms. The molecule has 0 bridgehead atoms. The molecule has 102 valence electrons. The van der Waals surface area contributed by atoms with Gasteiger partial charge in [-0.05, 0) is 30.6 Å². The molecule has 0 saturated heterocycles. The van der Waals surface area contributed by atoms with Gasteiger partial charge in [-0.15, -0.1) is 19.2 Å². The van der Waals surface area contributed by atoms with Crippen LogP contribution in [0.1, 0.15) is 51.4 Å². The fourth-order valence-corrected chi connectivity index (χ4v) is 2.54. The van der Waals surface area contributed by atoms with E-state index in [4.69, 9.17) is 0 Å². The average Bonchev–Trinajstić information content (AvgIpc) is 2.65. The quantitative estimate of drug-likeness (QED) is 0.427. The second-order valence-electron chi connectivity index (χ2n) is 4.95. The zero-order valence-corrected chi connectivity index (χ0v) is 12.1. The van der Waals surface area contributed by atoms with Gasteiger partial charge in [0.25, 0.3) is 0 Å².